The molecular weight excluding hydrogens is 459 g/mol. The van der Waals surface area contributed by atoms with E-state index in [1.165, 1.54) is 25.0 Å². The van der Waals surface area contributed by atoms with Crippen LogP contribution in [0.1, 0.15) is 44.6 Å². The number of nitro benzene ring substituents is 1. The molecule has 2 rings (SSSR count). The Kier molecular flexibility index (Phi) is 11.3. The summed E-state index contributed by atoms with van der Waals surface area (Å²) < 4.78 is 5.09. The molecule has 1 aromatic rings. The van der Waals surface area contributed by atoms with E-state index in [2.05, 4.69) is 22.5 Å². The number of hydrogen-bond acceptors (Lipinski definition) is 4. The van der Waals surface area contributed by atoms with Gasteiger partial charge in [-0.15, -0.1) is 24.0 Å². The number of benzene rings is 1. The van der Waals surface area contributed by atoms with Gasteiger partial charge in [-0.05, 0) is 43.6 Å². The summed E-state index contributed by atoms with van der Waals surface area (Å²) in [5.41, 5.74) is 1.05. The number of non-ortho nitro benzene ring substituents is 1. The van der Waals surface area contributed by atoms with Crippen LogP contribution >= 0.6 is 24.0 Å². The lowest BCUT2D eigenvalue weighted by molar-refractivity contribution is -0.384. The lowest BCUT2D eigenvalue weighted by Gasteiger charge is -2.28. The summed E-state index contributed by atoms with van der Waals surface area (Å²) in [7, 11) is 1.70. The van der Waals surface area contributed by atoms with E-state index in [4.69, 9.17) is 4.74 Å². The number of nitrogens with one attached hydrogen (secondary N) is 2. The van der Waals surface area contributed by atoms with Crippen LogP contribution in [0.25, 0.3) is 0 Å². The van der Waals surface area contributed by atoms with Crippen LogP contribution in [0.3, 0.4) is 0 Å². The average Bonchev–Trinajstić information content (AvgIpc) is 2.65. The van der Waals surface area contributed by atoms with Crippen LogP contribution in [-0.4, -0.2) is 37.2 Å². The van der Waals surface area contributed by atoms with Gasteiger partial charge < -0.3 is 15.4 Å². The van der Waals surface area contributed by atoms with Gasteiger partial charge in [-0.25, -0.2) is 4.99 Å². The Labute approximate surface area is 178 Å². The van der Waals surface area contributed by atoms with Crippen molar-refractivity contribution >= 4 is 35.6 Å². The molecule has 0 unspecified atom stereocenters. The SMILES string of the molecule is COCCCNC(=NCc1ccc([N+](=O)[O-])cc1)NC1CCC(C)CC1.I. The number of nitro groups is 1. The van der Waals surface area contributed by atoms with E-state index in [1.807, 2.05) is 0 Å². The molecule has 0 radical (unpaired) electrons. The van der Waals surface area contributed by atoms with Crippen molar-refractivity contribution in [3.63, 3.8) is 0 Å². The maximum absolute atomic E-state index is 10.7. The van der Waals surface area contributed by atoms with Gasteiger partial charge in [0.05, 0.1) is 11.5 Å². The zero-order valence-electron chi connectivity index (χ0n) is 16.1. The van der Waals surface area contributed by atoms with Crippen LogP contribution in [0.5, 0.6) is 0 Å². The molecule has 8 heteroatoms. The molecule has 7 nitrogen and oxygen atoms in total. The molecule has 2 N–H and O–H groups in total. The number of aliphatic imine (C=N–C) groups is 1. The first-order valence-electron chi connectivity index (χ1n) is 9.35. The summed E-state index contributed by atoms with van der Waals surface area (Å²) in [5.74, 6) is 1.61. The molecule has 1 aliphatic rings. The maximum atomic E-state index is 10.7. The van der Waals surface area contributed by atoms with Gasteiger partial charge >= 0.3 is 0 Å². The number of guanidine groups is 1. The molecule has 0 bridgehead atoms. The first kappa shape index (κ1) is 23.6. The maximum Gasteiger partial charge on any atom is 0.269 e. The molecule has 0 spiro atoms. The summed E-state index contributed by atoms with van der Waals surface area (Å²) >= 11 is 0. The quantitative estimate of drug-likeness (QED) is 0.144. The molecule has 27 heavy (non-hydrogen) atoms. The highest BCUT2D eigenvalue weighted by Crippen LogP contribution is 2.23. The fourth-order valence-corrected chi connectivity index (χ4v) is 3.07. The van der Waals surface area contributed by atoms with Crippen molar-refractivity contribution < 1.29 is 9.66 Å². The van der Waals surface area contributed by atoms with Gasteiger partial charge in [-0.1, -0.05) is 19.1 Å². The second kappa shape index (κ2) is 12.9. The number of methoxy groups -OCH3 is 1. The topological polar surface area (TPSA) is 88.8 Å². The van der Waals surface area contributed by atoms with E-state index in [1.54, 1.807) is 19.2 Å². The van der Waals surface area contributed by atoms with Crippen molar-refractivity contribution in [1.82, 2.24) is 10.6 Å². The molecule has 152 valence electrons. The van der Waals surface area contributed by atoms with E-state index in [9.17, 15) is 10.1 Å². The van der Waals surface area contributed by atoms with Gasteiger partial charge in [0, 0.05) is 38.4 Å². The van der Waals surface area contributed by atoms with Crippen molar-refractivity contribution in [3.8, 4) is 0 Å². The zero-order chi connectivity index (χ0) is 18.8. The largest absolute Gasteiger partial charge is 0.385 e. The highest BCUT2D eigenvalue weighted by molar-refractivity contribution is 14.0. The van der Waals surface area contributed by atoms with Crippen LogP contribution in [0.4, 0.5) is 5.69 Å². The molecule has 1 saturated carbocycles. The van der Waals surface area contributed by atoms with Gasteiger partial charge in [0.2, 0.25) is 0 Å². The van der Waals surface area contributed by atoms with E-state index in [0.717, 1.165) is 43.2 Å². The van der Waals surface area contributed by atoms with Crippen LogP contribution in [0, 0.1) is 16.0 Å². The Bertz CT molecular complexity index is 587. The summed E-state index contributed by atoms with van der Waals surface area (Å²) in [4.78, 5) is 15.0. The van der Waals surface area contributed by atoms with Crippen LogP contribution in [0.2, 0.25) is 0 Å². The number of nitrogens with zero attached hydrogens (tertiary/aromatic N) is 2. The number of halogens is 1. The normalized spacial score (nSPS) is 19.9. The first-order chi connectivity index (χ1) is 12.6. The molecule has 1 aromatic carbocycles. The molecule has 1 fully saturated rings. The molecular formula is C19H31IN4O3. The van der Waals surface area contributed by atoms with E-state index < -0.39 is 0 Å². The summed E-state index contributed by atoms with van der Waals surface area (Å²) in [5, 5.41) is 17.6. The molecule has 0 amide bonds. The van der Waals surface area contributed by atoms with E-state index in [-0.39, 0.29) is 34.6 Å². The lowest BCUT2D eigenvalue weighted by Crippen LogP contribution is -2.45. The van der Waals surface area contributed by atoms with Crippen molar-refractivity contribution in [2.45, 2.75) is 51.6 Å². The summed E-state index contributed by atoms with van der Waals surface area (Å²) in [6, 6.07) is 7.01. The molecule has 0 aliphatic heterocycles. The monoisotopic (exact) mass is 490 g/mol. The second-order valence-corrected chi connectivity index (χ2v) is 6.96. The predicted octanol–water partition coefficient (Wildman–Crippen LogP) is 3.86. The Morgan fingerprint density at radius 2 is 1.93 bits per heavy atom. The standard InChI is InChI=1S/C19H30N4O3.HI/c1-15-4-8-17(9-5-15)22-19(20-12-3-13-26-2)21-14-16-6-10-18(11-7-16)23(24)25;/h6-7,10-11,15,17H,3-5,8-9,12-14H2,1-2H3,(H2,20,21,22);1H. The second-order valence-electron chi connectivity index (χ2n) is 6.96. The minimum Gasteiger partial charge on any atom is -0.385 e. The zero-order valence-corrected chi connectivity index (χ0v) is 18.5. The minimum atomic E-state index is -0.387. The lowest BCUT2D eigenvalue weighted by atomic mass is 9.87. The minimum absolute atomic E-state index is 0. The first-order valence-corrected chi connectivity index (χ1v) is 9.35. The number of rotatable bonds is 8. The summed E-state index contributed by atoms with van der Waals surface area (Å²) in [6.45, 7) is 4.30. The predicted molar refractivity (Wildman–Crippen MR) is 119 cm³/mol. The van der Waals surface area contributed by atoms with Gasteiger partial charge in [-0.2, -0.15) is 0 Å². The highest BCUT2D eigenvalue weighted by Gasteiger charge is 2.18. The summed E-state index contributed by atoms with van der Waals surface area (Å²) in [6.07, 6.45) is 5.74. The van der Waals surface area contributed by atoms with Crippen molar-refractivity contribution in [1.29, 1.82) is 0 Å². The van der Waals surface area contributed by atoms with Gasteiger partial charge in [0.25, 0.3) is 5.69 Å². The molecule has 0 saturated heterocycles. The van der Waals surface area contributed by atoms with Crippen molar-refractivity contribution in [2.75, 3.05) is 20.3 Å². The third-order valence-electron chi connectivity index (χ3n) is 4.74. The van der Waals surface area contributed by atoms with E-state index >= 15 is 0 Å². The van der Waals surface area contributed by atoms with Crippen LogP contribution in [-0.2, 0) is 11.3 Å². The van der Waals surface area contributed by atoms with Gasteiger partial charge in [0.1, 0.15) is 0 Å². The smallest absolute Gasteiger partial charge is 0.269 e. The Morgan fingerprint density at radius 1 is 1.26 bits per heavy atom. The molecule has 1 aliphatic carbocycles. The number of hydrogen-bond donors (Lipinski definition) is 2. The Hall–Kier alpha value is -1.42. The average molecular weight is 490 g/mol. The third-order valence-corrected chi connectivity index (χ3v) is 4.74. The molecule has 0 atom stereocenters. The van der Waals surface area contributed by atoms with Crippen LogP contribution < -0.4 is 10.6 Å². The number of ether oxygens (including phenoxy) is 1. The third kappa shape index (κ3) is 8.87. The fraction of sp³-hybridized carbons (Fsp3) is 0.632. The van der Waals surface area contributed by atoms with Gasteiger partial charge in [-0.3, -0.25) is 10.1 Å². The Balaban J connectivity index is 0.00000364. The molecule has 0 aromatic heterocycles. The molecule has 0 heterocycles. The Morgan fingerprint density at radius 3 is 2.52 bits per heavy atom. The van der Waals surface area contributed by atoms with Gasteiger partial charge in [0.15, 0.2) is 5.96 Å². The highest BCUT2D eigenvalue weighted by atomic mass is 127. The van der Waals surface area contributed by atoms with Crippen LogP contribution in [0.15, 0.2) is 29.3 Å². The van der Waals surface area contributed by atoms with E-state index in [0.29, 0.717) is 19.2 Å². The van der Waals surface area contributed by atoms with Crippen molar-refractivity contribution in [2.24, 2.45) is 10.9 Å². The fourth-order valence-electron chi connectivity index (χ4n) is 3.07. The van der Waals surface area contributed by atoms with Crippen molar-refractivity contribution in [3.05, 3.63) is 39.9 Å².